The topological polar surface area (TPSA) is 36.9 Å². The van der Waals surface area contributed by atoms with Crippen LogP contribution in [-0.4, -0.2) is 26.4 Å². The van der Waals surface area contributed by atoms with Gasteiger partial charge in [0.2, 0.25) is 0 Å². The summed E-state index contributed by atoms with van der Waals surface area (Å²) in [6.07, 6.45) is 6.61. The molecule has 0 aliphatic carbocycles. The molecule has 0 fully saturated rings. The average Bonchev–Trinajstić information content (AvgIpc) is 2.79. The highest BCUT2D eigenvalue weighted by molar-refractivity contribution is 5.31. The normalized spacial score (nSPS) is 10.0. The molecule has 0 unspecified atom stereocenters. The van der Waals surface area contributed by atoms with Crippen molar-refractivity contribution < 1.29 is 18.9 Å². The lowest BCUT2D eigenvalue weighted by molar-refractivity contribution is 0.301. The summed E-state index contributed by atoms with van der Waals surface area (Å²) in [5.74, 6) is 3.68. The van der Waals surface area contributed by atoms with Gasteiger partial charge in [-0.05, 0) is 74.2 Å². The standard InChI is InChI=1S/C14H22O2.C12H18O2/c1-3-5-11-15-13-7-9-14(10-8-13)16-12-6-4-2;1-3-9-13-11-5-7-12(8-6-11)14-10-4-2/h7-10H,3-6,11-12H2,1-2H3;5-8H,3-4,9-10H2,1-2H3. The summed E-state index contributed by atoms with van der Waals surface area (Å²) < 4.78 is 22.1. The third-order valence-electron chi connectivity index (χ3n) is 4.13. The van der Waals surface area contributed by atoms with Crippen molar-refractivity contribution in [3.8, 4) is 23.0 Å². The third kappa shape index (κ3) is 12.3. The summed E-state index contributed by atoms with van der Waals surface area (Å²) in [5.41, 5.74) is 0. The third-order valence-corrected chi connectivity index (χ3v) is 4.13. The van der Waals surface area contributed by atoms with E-state index in [0.29, 0.717) is 0 Å². The number of ether oxygens (including phenoxy) is 4. The highest BCUT2D eigenvalue weighted by atomic mass is 16.5. The second-order valence-corrected chi connectivity index (χ2v) is 7.04. The Bertz CT molecular complexity index is 566. The van der Waals surface area contributed by atoms with Gasteiger partial charge in [0, 0.05) is 0 Å². The van der Waals surface area contributed by atoms with Crippen molar-refractivity contribution in [3.63, 3.8) is 0 Å². The van der Waals surface area contributed by atoms with Gasteiger partial charge in [0.1, 0.15) is 23.0 Å². The first kappa shape index (κ1) is 25.7. The van der Waals surface area contributed by atoms with E-state index in [2.05, 4.69) is 27.7 Å². The number of hydrogen-bond acceptors (Lipinski definition) is 4. The van der Waals surface area contributed by atoms with Gasteiger partial charge in [0.15, 0.2) is 0 Å². The largest absolute Gasteiger partial charge is 0.494 e. The molecule has 0 atom stereocenters. The molecular formula is C26H40O4. The smallest absolute Gasteiger partial charge is 0.119 e. The molecule has 2 aromatic rings. The fourth-order valence-electron chi connectivity index (χ4n) is 2.37. The van der Waals surface area contributed by atoms with Gasteiger partial charge < -0.3 is 18.9 Å². The lowest BCUT2D eigenvalue weighted by Gasteiger charge is -2.07. The van der Waals surface area contributed by atoms with Crippen LogP contribution >= 0.6 is 0 Å². The molecule has 0 bridgehead atoms. The number of benzene rings is 2. The highest BCUT2D eigenvalue weighted by Crippen LogP contribution is 2.18. The highest BCUT2D eigenvalue weighted by Gasteiger charge is 1.96. The maximum atomic E-state index is 5.57. The van der Waals surface area contributed by atoms with Gasteiger partial charge in [-0.3, -0.25) is 0 Å². The van der Waals surface area contributed by atoms with Crippen LogP contribution in [0.5, 0.6) is 23.0 Å². The molecule has 0 aromatic heterocycles. The lowest BCUT2D eigenvalue weighted by atomic mass is 10.3. The number of unbranched alkanes of at least 4 members (excludes halogenated alkanes) is 2. The van der Waals surface area contributed by atoms with Crippen molar-refractivity contribution in [2.75, 3.05) is 26.4 Å². The predicted octanol–water partition coefficient (Wildman–Crippen LogP) is 7.31. The van der Waals surface area contributed by atoms with Crippen molar-refractivity contribution in [1.29, 1.82) is 0 Å². The monoisotopic (exact) mass is 416 g/mol. The lowest BCUT2D eigenvalue weighted by Crippen LogP contribution is -1.98. The molecule has 0 saturated carbocycles. The second kappa shape index (κ2) is 17.5. The molecule has 0 amide bonds. The second-order valence-electron chi connectivity index (χ2n) is 7.04. The zero-order valence-corrected chi connectivity index (χ0v) is 19.3. The summed E-state index contributed by atoms with van der Waals surface area (Å²) >= 11 is 0. The Kier molecular flexibility index (Phi) is 15.0. The summed E-state index contributed by atoms with van der Waals surface area (Å²) in [6, 6.07) is 15.7. The molecule has 4 heteroatoms. The van der Waals surface area contributed by atoms with Crippen LogP contribution in [0.15, 0.2) is 48.5 Å². The molecule has 0 aliphatic heterocycles. The maximum Gasteiger partial charge on any atom is 0.119 e. The minimum atomic E-state index is 0.773. The van der Waals surface area contributed by atoms with E-state index in [0.717, 1.165) is 88.0 Å². The summed E-state index contributed by atoms with van der Waals surface area (Å²) in [5, 5.41) is 0. The van der Waals surface area contributed by atoms with Gasteiger partial charge in [0.05, 0.1) is 26.4 Å². The van der Waals surface area contributed by atoms with Crippen LogP contribution in [0.1, 0.15) is 66.2 Å². The molecule has 168 valence electrons. The first-order valence-corrected chi connectivity index (χ1v) is 11.4. The Hall–Kier alpha value is -2.36. The Morgan fingerprint density at radius 1 is 0.400 bits per heavy atom. The van der Waals surface area contributed by atoms with E-state index in [-0.39, 0.29) is 0 Å². The van der Waals surface area contributed by atoms with E-state index in [4.69, 9.17) is 18.9 Å². The van der Waals surface area contributed by atoms with E-state index < -0.39 is 0 Å². The van der Waals surface area contributed by atoms with Crippen LogP contribution in [-0.2, 0) is 0 Å². The molecule has 2 rings (SSSR count). The minimum absolute atomic E-state index is 0.773. The van der Waals surface area contributed by atoms with Crippen LogP contribution in [0.25, 0.3) is 0 Å². The summed E-state index contributed by atoms with van der Waals surface area (Å²) in [4.78, 5) is 0. The van der Waals surface area contributed by atoms with Gasteiger partial charge in [-0.1, -0.05) is 40.5 Å². The van der Waals surface area contributed by atoms with E-state index in [1.54, 1.807) is 0 Å². The van der Waals surface area contributed by atoms with Crippen LogP contribution in [0.3, 0.4) is 0 Å². The molecule has 0 radical (unpaired) electrons. The van der Waals surface area contributed by atoms with Crippen LogP contribution in [0.2, 0.25) is 0 Å². The Labute approximate surface area is 183 Å². The summed E-state index contributed by atoms with van der Waals surface area (Å²) in [7, 11) is 0. The molecular weight excluding hydrogens is 376 g/mol. The quantitative estimate of drug-likeness (QED) is 0.303. The van der Waals surface area contributed by atoms with Gasteiger partial charge in [-0.15, -0.1) is 0 Å². The first-order chi connectivity index (χ1) is 14.7. The van der Waals surface area contributed by atoms with Gasteiger partial charge in [-0.2, -0.15) is 0 Å². The van der Waals surface area contributed by atoms with Gasteiger partial charge in [0.25, 0.3) is 0 Å². The average molecular weight is 417 g/mol. The zero-order valence-electron chi connectivity index (χ0n) is 19.3. The molecule has 0 spiro atoms. The fourth-order valence-corrected chi connectivity index (χ4v) is 2.37. The predicted molar refractivity (Wildman–Crippen MR) is 125 cm³/mol. The number of rotatable bonds is 14. The van der Waals surface area contributed by atoms with E-state index in [1.165, 1.54) is 0 Å². The molecule has 30 heavy (non-hydrogen) atoms. The van der Waals surface area contributed by atoms with E-state index in [9.17, 15) is 0 Å². The SMILES string of the molecule is CCCCOc1ccc(OCCCC)cc1.CCCOc1ccc(OCCC)cc1. The van der Waals surface area contributed by atoms with Crippen molar-refractivity contribution in [2.24, 2.45) is 0 Å². The Morgan fingerprint density at radius 2 is 0.667 bits per heavy atom. The van der Waals surface area contributed by atoms with E-state index in [1.807, 2.05) is 48.5 Å². The van der Waals surface area contributed by atoms with Crippen LogP contribution in [0, 0.1) is 0 Å². The molecule has 2 aromatic carbocycles. The zero-order chi connectivity index (χ0) is 21.9. The summed E-state index contributed by atoms with van der Waals surface area (Å²) in [6.45, 7) is 11.7. The first-order valence-electron chi connectivity index (χ1n) is 11.4. The minimum Gasteiger partial charge on any atom is -0.494 e. The molecule has 0 heterocycles. The van der Waals surface area contributed by atoms with Crippen molar-refractivity contribution >= 4 is 0 Å². The Balaban J connectivity index is 0.000000303. The molecule has 0 N–H and O–H groups in total. The van der Waals surface area contributed by atoms with Crippen molar-refractivity contribution in [3.05, 3.63) is 48.5 Å². The van der Waals surface area contributed by atoms with E-state index >= 15 is 0 Å². The van der Waals surface area contributed by atoms with Crippen LogP contribution in [0.4, 0.5) is 0 Å². The van der Waals surface area contributed by atoms with Crippen molar-refractivity contribution in [1.82, 2.24) is 0 Å². The maximum absolute atomic E-state index is 5.57. The molecule has 0 aliphatic rings. The molecule has 0 saturated heterocycles. The fraction of sp³-hybridized carbons (Fsp3) is 0.538. The van der Waals surface area contributed by atoms with Crippen molar-refractivity contribution in [2.45, 2.75) is 66.2 Å². The molecule has 4 nitrogen and oxygen atoms in total. The Morgan fingerprint density at radius 3 is 0.900 bits per heavy atom. The van der Waals surface area contributed by atoms with Crippen LogP contribution < -0.4 is 18.9 Å². The van der Waals surface area contributed by atoms with Gasteiger partial charge in [-0.25, -0.2) is 0 Å². The van der Waals surface area contributed by atoms with Gasteiger partial charge >= 0.3 is 0 Å². The number of hydrogen-bond donors (Lipinski definition) is 0.